The van der Waals surface area contributed by atoms with Crippen LogP contribution in [-0.4, -0.2) is 20.9 Å². The van der Waals surface area contributed by atoms with Crippen LogP contribution in [-0.2, 0) is 13.0 Å². The molecule has 5 nitrogen and oxygen atoms in total. The van der Waals surface area contributed by atoms with Gasteiger partial charge < -0.3 is 11.1 Å². The molecule has 0 unspecified atom stereocenters. The Hall–Kier alpha value is -1.69. The number of nitrogens with two attached hydrogens (primary N) is 1. The molecule has 0 saturated heterocycles. The Balaban J connectivity index is 2.03. The second-order valence-corrected chi connectivity index (χ2v) is 4.09. The molecule has 2 rings (SSSR count). The van der Waals surface area contributed by atoms with Gasteiger partial charge in [0.25, 0.3) is 0 Å². The Labute approximate surface area is 105 Å². The van der Waals surface area contributed by atoms with E-state index in [0.29, 0.717) is 18.4 Å². The first-order valence-corrected chi connectivity index (χ1v) is 6.02. The van der Waals surface area contributed by atoms with E-state index in [2.05, 4.69) is 45.3 Å². The number of thiol groups is 1. The molecule has 0 fully saturated rings. The Bertz CT molecular complexity index is 482. The topological polar surface area (TPSA) is 79.6 Å². The highest BCUT2D eigenvalue weighted by atomic mass is 32.1. The van der Waals surface area contributed by atoms with E-state index in [1.54, 1.807) is 0 Å². The zero-order valence-corrected chi connectivity index (χ0v) is 10.2. The summed E-state index contributed by atoms with van der Waals surface area (Å²) in [6.45, 7) is 0.682. The Morgan fingerprint density at radius 2 is 2.06 bits per heavy atom. The van der Waals surface area contributed by atoms with Crippen LogP contribution in [0.2, 0.25) is 0 Å². The summed E-state index contributed by atoms with van der Waals surface area (Å²) in [5.41, 5.74) is 7.96. The molecule has 2 aromatic rings. The van der Waals surface area contributed by atoms with Gasteiger partial charge >= 0.3 is 0 Å². The molecule has 0 radical (unpaired) electrons. The molecular formula is C11H15N5S. The molecule has 0 amide bonds. The number of nitrogens with one attached hydrogen (secondary N) is 2. The lowest BCUT2D eigenvalue weighted by Crippen LogP contribution is -2.04. The van der Waals surface area contributed by atoms with Gasteiger partial charge in [-0.25, -0.2) is 5.10 Å². The van der Waals surface area contributed by atoms with Crippen molar-refractivity contribution in [3.8, 4) is 0 Å². The normalized spacial score (nSPS) is 10.4. The molecule has 0 saturated carbocycles. The van der Waals surface area contributed by atoms with Gasteiger partial charge in [0.2, 0.25) is 11.9 Å². The molecule has 17 heavy (non-hydrogen) atoms. The largest absolute Gasteiger partial charge is 0.368 e. The predicted molar refractivity (Wildman–Crippen MR) is 72.1 cm³/mol. The first-order valence-electron chi connectivity index (χ1n) is 5.39. The van der Waals surface area contributed by atoms with Gasteiger partial charge in [0.15, 0.2) is 0 Å². The minimum atomic E-state index is 0.316. The van der Waals surface area contributed by atoms with E-state index in [1.807, 2.05) is 12.1 Å². The Kier molecular flexibility index (Phi) is 3.87. The molecule has 0 aliphatic rings. The van der Waals surface area contributed by atoms with E-state index >= 15 is 0 Å². The van der Waals surface area contributed by atoms with Crippen molar-refractivity contribution in [2.45, 2.75) is 13.0 Å². The molecule has 6 heteroatoms. The van der Waals surface area contributed by atoms with Crippen LogP contribution in [0.5, 0.6) is 0 Å². The number of rotatable bonds is 5. The van der Waals surface area contributed by atoms with Crippen molar-refractivity contribution in [1.82, 2.24) is 15.2 Å². The molecule has 0 aliphatic heterocycles. The van der Waals surface area contributed by atoms with Crippen LogP contribution < -0.4 is 11.1 Å². The van der Waals surface area contributed by atoms with E-state index in [-0.39, 0.29) is 0 Å². The van der Waals surface area contributed by atoms with Crippen LogP contribution in [0, 0.1) is 0 Å². The standard InChI is InChI=1S/C11H15N5S/c12-10-14-11(16-15-10)13-7-9-4-2-1-3-8(9)5-6-17/h1-4,17H,5-7H2,(H4,12,13,14,15,16). The van der Waals surface area contributed by atoms with Crippen LogP contribution in [0.3, 0.4) is 0 Å². The lowest BCUT2D eigenvalue weighted by molar-refractivity contribution is 1.01. The molecule has 1 aromatic heterocycles. The van der Waals surface area contributed by atoms with Gasteiger partial charge in [-0.3, -0.25) is 0 Å². The van der Waals surface area contributed by atoms with Gasteiger partial charge in [0, 0.05) is 6.54 Å². The molecular weight excluding hydrogens is 234 g/mol. The first kappa shape index (κ1) is 11.8. The van der Waals surface area contributed by atoms with Gasteiger partial charge in [0.1, 0.15) is 0 Å². The number of hydrogen-bond acceptors (Lipinski definition) is 5. The van der Waals surface area contributed by atoms with Crippen molar-refractivity contribution < 1.29 is 0 Å². The summed E-state index contributed by atoms with van der Waals surface area (Å²) >= 11 is 4.25. The van der Waals surface area contributed by atoms with Gasteiger partial charge in [0.05, 0.1) is 0 Å². The summed E-state index contributed by atoms with van der Waals surface area (Å²) in [7, 11) is 0. The lowest BCUT2D eigenvalue weighted by Gasteiger charge is -2.08. The van der Waals surface area contributed by atoms with Crippen molar-refractivity contribution >= 4 is 24.5 Å². The van der Waals surface area contributed by atoms with E-state index in [1.165, 1.54) is 11.1 Å². The molecule has 0 spiro atoms. The third kappa shape index (κ3) is 3.13. The molecule has 0 bridgehead atoms. The fourth-order valence-electron chi connectivity index (χ4n) is 1.62. The fraction of sp³-hybridized carbons (Fsp3) is 0.273. The van der Waals surface area contributed by atoms with Crippen molar-refractivity contribution in [1.29, 1.82) is 0 Å². The highest BCUT2D eigenvalue weighted by Gasteiger charge is 2.03. The van der Waals surface area contributed by atoms with Crippen LogP contribution in [0.25, 0.3) is 0 Å². The van der Waals surface area contributed by atoms with Crippen molar-refractivity contribution in [2.75, 3.05) is 16.8 Å². The minimum absolute atomic E-state index is 0.316. The Morgan fingerprint density at radius 3 is 2.71 bits per heavy atom. The monoisotopic (exact) mass is 249 g/mol. The van der Waals surface area contributed by atoms with E-state index in [9.17, 15) is 0 Å². The summed E-state index contributed by atoms with van der Waals surface area (Å²) in [4.78, 5) is 3.99. The maximum absolute atomic E-state index is 5.45. The minimum Gasteiger partial charge on any atom is -0.368 e. The van der Waals surface area contributed by atoms with Gasteiger partial charge in [-0.15, -0.1) is 5.10 Å². The summed E-state index contributed by atoms with van der Waals surface area (Å²) in [6.07, 6.45) is 0.955. The number of aromatic amines is 1. The summed E-state index contributed by atoms with van der Waals surface area (Å²) in [5, 5.41) is 9.63. The summed E-state index contributed by atoms with van der Waals surface area (Å²) < 4.78 is 0. The average molecular weight is 249 g/mol. The second-order valence-electron chi connectivity index (χ2n) is 3.64. The zero-order valence-electron chi connectivity index (χ0n) is 9.35. The smallest absolute Gasteiger partial charge is 0.243 e. The number of anilines is 2. The fourth-order valence-corrected chi connectivity index (χ4v) is 1.86. The van der Waals surface area contributed by atoms with Crippen LogP contribution in [0.4, 0.5) is 11.9 Å². The van der Waals surface area contributed by atoms with Crippen molar-refractivity contribution in [3.63, 3.8) is 0 Å². The van der Waals surface area contributed by atoms with Gasteiger partial charge in [-0.05, 0) is 23.3 Å². The second kappa shape index (κ2) is 5.58. The van der Waals surface area contributed by atoms with E-state index in [4.69, 9.17) is 5.73 Å². The summed E-state index contributed by atoms with van der Waals surface area (Å²) in [5.74, 6) is 1.67. The number of aromatic nitrogens is 3. The Morgan fingerprint density at radius 1 is 1.29 bits per heavy atom. The molecule has 1 aromatic carbocycles. The number of hydrogen-bond donors (Lipinski definition) is 4. The molecule has 1 heterocycles. The number of aryl methyl sites for hydroxylation is 1. The number of nitrogen functional groups attached to an aromatic ring is 1. The third-order valence-corrected chi connectivity index (χ3v) is 2.66. The van der Waals surface area contributed by atoms with Crippen LogP contribution in [0.1, 0.15) is 11.1 Å². The van der Waals surface area contributed by atoms with E-state index < -0.39 is 0 Å². The van der Waals surface area contributed by atoms with Gasteiger partial charge in [-0.1, -0.05) is 24.3 Å². The van der Waals surface area contributed by atoms with Crippen LogP contribution >= 0.6 is 12.6 Å². The molecule has 0 atom stereocenters. The highest BCUT2D eigenvalue weighted by molar-refractivity contribution is 7.80. The average Bonchev–Trinajstić information content (AvgIpc) is 2.74. The number of nitrogens with zero attached hydrogens (tertiary/aromatic N) is 2. The maximum atomic E-state index is 5.45. The van der Waals surface area contributed by atoms with Crippen LogP contribution in [0.15, 0.2) is 24.3 Å². The number of H-pyrrole nitrogens is 1. The molecule has 0 aliphatic carbocycles. The van der Waals surface area contributed by atoms with E-state index in [0.717, 1.165) is 12.2 Å². The van der Waals surface area contributed by atoms with Crippen molar-refractivity contribution in [3.05, 3.63) is 35.4 Å². The first-order chi connectivity index (χ1) is 8.29. The maximum Gasteiger partial charge on any atom is 0.243 e. The predicted octanol–water partition coefficient (Wildman–Crippen LogP) is 1.47. The molecule has 4 N–H and O–H groups in total. The van der Waals surface area contributed by atoms with Gasteiger partial charge in [-0.2, -0.15) is 17.6 Å². The SMILES string of the molecule is Nc1nc(NCc2ccccc2CCS)n[nH]1. The molecule has 90 valence electrons. The lowest BCUT2D eigenvalue weighted by atomic mass is 10.1. The van der Waals surface area contributed by atoms with Crippen molar-refractivity contribution in [2.24, 2.45) is 0 Å². The quantitative estimate of drug-likeness (QED) is 0.605. The zero-order chi connectivity index (χ0) is 12.1. The number of benzene rings is 1. The summed E-state index contributed by atoms with van der Waals surface area (Å²) in [6, 6.07) is 8.25. The highest BCUT2D eigenvalue weighted by Crippen LogP contribution is 2.12. The third-order valence-electron chi connectivity index (χ3n) is 2.44.